The molecule has 0 spiro atoms. The van der Waals surface area contributed by atoms with E-state index in [9.17, 15) is 4.79 Å². The molecule has 4 nitrogen and oxygen atoms in total. The van der Waals surface area contributed by atoms with E-state index in [0.29, 0.717) is 13.0 Å². The zero-order chi connectivity index (χ0) is 15.8. The second-order valence-electron chi connectivity index (χ2n) is 5.96. The summed E-state index contributed by atoms with van der Waals surface area (Å²) in [6, 6.07) is 4.33. The minimum Gasteiger partial charge on any atom is -0.384 e. The molecular weight excluding hydrogens is 262 g/mol. The number of aryl methyl sites for hydroxylation is 3. The lowest BCUT2D eigenvalue weighted by Gasteiger charge is -2.14. The minimum absolute atomic E-state index is 0.115. The van der Waals surface area contributed by atoms with E-state index in [1.807, 2.05) is 14.1 Å². The number of nitrogens with zero attached hydrogens (tertiary/aromatic N) is 1. The predicted octanol–water partition coefficient (Wildman–Crippen LogP) is 2.48. The van der Waals surface area contributed by atoms with Crippen molar-refractivity contribution in [1.82, 2.24) is 10.2 Å². The number of hydrogen-bond acceptors (Lipinski definition) is 3. The standard InChI is InChI=1S/C17H29N3O/c1-13-11-14(2)17(15(3)12-13)19-9-7-16(21)18-8-6-10-20(4)5/h11-12,19H,6-10H2,1-5H3,(H,18,21). The first-order chi connectivity index (χ1) is 9.90. The molecule has 2 N–H and O–H groups in total. The minimum atomic E-state index is 0.115. The number of carbonyl (C=O) groups excluding carboxylic acids is 1. The largest absolute Gasteiger partial charge is 0.384 e. The van der Waals surface area contributed by atoms with E-state index in [4.69, 9.17) is 0 Å². The highest BCUT2D eigenvalue weighted by Gasteiger charge is 2.05. The molecule has 0 unspecified atom stereocenters. The van der Waals surface area contributed by atoms with Crippen LogP contribution in [0.15, 0.2) is 12.1 Å². The Balaban J connectivity index is 2.29. The van der Waals surface area contributed by atoms with Crippen LogP contribution in [-0.4, -0.2) is 44.5 Å². The van der Waals surface area contributed by atoms with Gasteiger partial charge in [0.2, 0.25) is 5.91 Å². The number of amides is 1. The lowest BCUT2D eigenvalue weighted by atomic mass is 10.1. The third kappa shape index (κ3) is 6.63. The van der Waals surface area contributed by atoms with Crippen LogP contribution in [0.4, 0.5) is 5.69 Å². The van der Waals surface area contributed by atoms with Gasteiger partial charge in [-0.3, -0.25) is 4.79 Å². The van der Waals surface area contributed by atoms with Gasteiger partial charge in [-0.05, 0) is 59.0 Å². The van der Waals surface area contributed by atoms with Crippen LogP contribution in [0.3, 0.4) is 0 Å². The molecule has 1 aromatic carbocycles. The van der Waals surface area contributed by atoms with Crippen LogP contribution in [0.1, 0.15) is 29.5 Å². The van der Waals surface area contributed by atoms with Gasteiger partial charge in [0.15, 0.2) is 0 Å². The van der Waals surface area contributed by atoms with Gasteiger partial charge in [-0.15, -0.1) is 0 Å². The van der Waals surface area contributed by atoms with Crippen molar-refractivity contribution in [1.29, 1.82) is 0 Å². The fraction of sp³-hybridized carbons (Fsp3) is 0.588. The Labute approximate surface area is 128 Å². The maximum absolute atomic E-state index is 11.7. The molecule has 0 aromatic heterocycles. The molecule has 0 bridgehead atoms. The molecular formula is C17H29N3O. The first-order valence-electron chi connectivity index (χ1n) is 7.63. The molecule has 0 fully saturated rings. The Morgan fingerprint density at radius 1 is 1.10 bits per heavy atom. The van der Waals surface area contributed by atoms with Gasteiger partial charge in [-0.25, -0.2) is 0 Å². The summed E-state index contributed by atoms with van der Waals surface area (Å²) in [5.41, 5.74) is 4.90. The van der Waals surface area contributed by atoms with Gasteiger partial charge >= 0.3 is 0 Å². The van der Waals surface area contributed by atoms with Gasteiger partial charge in [0.05, 0.1) is 0 Å². The molecule has 0 saturated heterocycles. The van der Waals surface area contributed by atoms with Crippen molar-refractivity contribution < 1.29 is 4.79 Å². The summed E-state index contributed by atoms with van der Waals surface area (Å²) in [6.07, 6.45) is 1.50. The van der Waals surface area contributed by atoms with Gasteiger partial charge < -0.3 is 15.5 Å². The van der Waals surface area contributed by atoms with Crippen LogP contribution in [0, 0.1) is 20.8 Å². The Bertz CT molecular complexity index is 446. The molecule has 0 atom stereocenters. The van der Waals surface area contributed by atoms with E-state index in [1.165, 1.54) is 16.7 Å². The smallest absolute Gasteiger partial charge is 0.221 e. The van der Waals surface area contributed by atoms with Crippen molar-refractivity contribution in [2.75, 3.05) is 39.0 Å². The molecule has 0 aliphatic rings. The van der Waals surface area contributed by atoms with Gasteiger partial charge in [0.1, 0.15) is 0 Å². The summed E-state index contributed by atoms with van der Waals surface area (Å²) in [5, 5.41) is 6.34. The molecule has 0 aliphatic heterocycles. The number of anilines is 1. The number of nitrogens with one attached hydrogen (secondary N) is 2. The second kappa shape index (κ2) is 8.67. The Morgan fingerprint density at radius 2 is 1.71 bits per heavy atom. The van der Waals surface area contributed by atoms with Crippen LogP contribution >= 0.6 is 0 Å². The first kappa shape index (κ1) is 17.5. The van der Waals surface area contributed by atoms with E-state index in [0.717, 1.165) is 25.2 Å². The molecule has 1 rings (SSSR count). The normalized spacial score (nSPS) is 10.8. The van der Waals surface area contributed by atoms with Crippen LogP contribution < -0.4 is 10.6 Å². The number of benzene rings is 1. The van der Waals surface area contributed by atoms with E-state index in [-0.39, 0.29) is 5.91 Å². The number of carbonyl (C=O) groups is 1. The fourth-order valence-corrected chi connectivity index (χ4v) is 2.47. The van der Waals surface area contributed by atoms with Crippen LogP contribution in [0.5, 0.6) is 0 Å². The van der Waals surface area contributed by atoms with Crippen molar-refractivity contribution in [3.05, 3.63) is 28.8 Å². The van der Waals surface area contributed by atoms with Gasteiger partial charge in [0.25, 0.3) is 0 Å². The van der Waals surface area contributed by atoms with E-state index in [2.05, 4.69) is 48.4 Å². The molecule has 1 aromatic rings. The third-order valence-corrected chi connectivity index (χ3v) is 3.44. The molecule has 1 amide bonds. The van der Waals surface area contributed by atoms with E-state index in [1.54, 1.807) is 0 Å². The monoisotopic (exact) mass is 291 g/mol. The molecule has 0 aliphatic carbocycles. The van der Waals surface area contributed by atoms with Crippen molar-refractivity contribution in [2.45, 2.75) is 33.6 Å². The average Bonchev–Trinajstić information content (AvgIpc) is 2.37. The summed E-state index contributed by atoms with van der Waals surface area (Å²) in [4.78, 5) is 13.9. The summed E-state index contributed by atoms with van der Waals surface area (Å²) in [5.74, 6) is 0.115. The zero-order valence-corrected chi connectivity index (χ0v) is 14.0. The topological polar surface area (TPSA) is 44.4 Å². The number of hydrogen-bond donors (Lipinski definition) is 2. The maximum Gasteiger partial charge on any atom is 0.221 e. The summed E-state index contributed by atoms with van der Waals surface area (Å²) >= 11 is 0. The third-order valence-electron chi connectivity index (χ3n) is 3.44. The Morgan fingerprint density at radius 3 is 2.29 bits per heavy atom. The molecule has 4 heteroatoms. The average molecular weight is 291 g/mol. The second-order valence-corrected chi connectivity index (χ2v) is 5.96. The van der Waals surface area contributed by atoms with Crippen molar-refractivity contribution >= 4 is 11.6 Å². The highest BCUT2D eigenvalue weighted by molar-refractivity contribution is 5.76. The first-order valence-corrected chi connectivity index (χ1v) is 7.63. The van der Waals surface area contributed by atoms with E-state index < -0.39 is 0 Å². The molecule has 0 saturated carbocycles. The van der Waals surface area contributed by atoms with Crippen LogP contribution in [0.2, 0.25) is 0 Å². The van der Waals surface area contributed by atoms with Crippen molar-refractivity contribution in [2.24, 2.45) is 0 Å². The zero-order valence-electron chi connectivity index (χ0n) is 14.0. The lowest BCUT2D eigenvalue weighted by Crippen LogP contribution is -2.28. The summed E-state index contributed by atoms with van der Waals surface area (Å²) < 4.78 is 0. The highest BCUT2D eigenvalue weighted by atomic mass is 16.1. The molecule has 21 heavy (non-hydrogen) atoms. The maximum atomic E-state index is 11.7. The summed E-state index contributed by atoms with van der Waals surface area (Å²) in [7, 11) is 4.08. The predicted molar refractivity (Wildman–Crippen MR) is 89.9 cm³/mol. The van der Waals surface area contributed by atoms with Crippen molar-refractivity contribution in [3.8, 4) is 0 Å². The lowest BCUT2D eigenvalue weighted by molar-refractivity contribution is -0.120. The van der Waals surface area contributed by atoms with Gasteiger partial charge in [-0.2, -0.15) is 0 Å². The molecule has 0 radical (unpaired) electrons. The Hall–Kier alpha value is -1.55. The fourth-order valence-electron chi connectivity index (χ4n) is 2.47. The van der Waals surface area contributed by atoms with E-state index >= 15 is 0 Å². The van der Waals surface area contributed by atoms with Crippen LogP contribution in [-0.2, 0) is 4.79 Å². The summed E-state index contributed by atoms with van der Waals surface area (Å²) in [6.45, 7) is 8.72. The van der Waals surface area contributed by atoms with Gasteiger partial charge in [0, 0.05) is 25.2 Å². The molecule has 0 heterocycles. The van der Waals surface area contributed by atoms with Gasteiger partial charge in [-0.1, -0.05) is 17.7 Å². The Kier molecular flexibility index (Phi) is 7.23. The highest BCUT2D eigenvalue weighted by Crippen LogP contribution is 2.21. The quantitative estimate of drug-likeness (QED) is 0.723. The SMILES string of the molecule is Cc1cc(C)c(NCCC(=O)NCCCN(C)C)c(C)c1. The number of rotatable bonds is 8. The van der Waals surface area contributed by atoms with Crippen LogP contribution in [0.25, 0.3) is 0 Å². The van der Waals surface area contributed by atoms with Crippen molar-refractivity contribution in [3.63, 3.8) is 0 Å². The molecule has 118 valence electrons.